The minimum Gasteiger partial charge on any atom is -0.327 e. The number of pyridine rings is 1. The number of rotatable bonds is 6. The number of fused-ring (bicyclic) bond motifs is 2. The maximum atomic E-state index is 14.9. The normalized spacial score (nSPS) is 22.1. The van der Waals surface area contributed by atoms with E-state index in [4.69, 9.17) is 10.7 Å². The molecule has 0 bridgehead atoms. The Labute approximate surface area is 173 Å². The van der Waals surface area contributed by atoms with Crippen molar-refractivity contribution in [3.8, 4) is 0 Å². The Kier molecular flexibility index (Phi) is 6.38. The monoisotopic (exact) mass is 394 g/mol. The van der Waals surface area contributed by atoms with E-state index >= 15 is 0 Å². The number of nitrogens with one attached hydrogen (secondary N) is 1. The maximum Gasteiger partial charge on any atom is 0.114 e. The minimum absolute atomic E-state index is 0.105. The van der Waals surface area contributed by atoms with E-state index < -0.39 is 0 Å². The van der Waals surface area contributed by atoms with Gasteiger partial charge in [0.05, 0.1) is 18.3 Å². The summed E-state index contributed by atoms with van der Waals surface area (Å²) < 4.78 is 14.9. The molecule has 0 spiro atoms. The second-order valence-corrected chi connectivity index (χ2v) is 8.33. The number of hydrogen-bond donors (Lipinski definition) is 2. The molecule has 0 unspecified atom stereocenters. The Balaban J connectivity index is 1.58. The minimum atomic E-state index is -0.105. The summed E-state index contributed by atoms with van der Waals surface area (Å²) in [5.41, 5.74) is 11.5. The molecule has 154 valence electrons. The van der Waals surface area contributed by atoms with Gasteiger partial charge in [-0.3, -0.25) is 9.88 Å². The van der Waals surface area contributed by atoms with Gasteiger partial charge in [-0.2, -0.15) is 0 Å². The average Bonchev–Trinajstić information content (AvgIpc) is 2.77. The molecule has 1 aliphatic carbocycles. The summed E-state index contributed by atoms with van der Waals surface area (Å²) in [7, 11) is 0. The zero-order chi connectivity index (χ0) is 20.2. The fraction of sp³-hybridized carbons (Fsp3) is 0.458. The second-order valence-electron chi connectivity index (χ2n) is 8.33. The van der Waals surface area contributed by atoms with E-state index in [1.54, 1.807) is 6.92 Å². The molecule has 4 rings (SSSR count). The van der Waals surface area contributed by atoms with Crippen LogP contribution < -0.4 is 11.1 Å². The van der Waals surface area contributed by atoms with Gasteiger partial charge in [-0.15, -0.1) is 0 Å². The van der Waals surface area contributed by atoms with Crippen molar-refractivity contribution in [3.05, 3.63) is 76.4 Å². The number of benzene rings is 1. The van der Waals surface area contributed by atoms with Gasteiger partial charge in [0.25, 0.3) is 0 Å². The average molecular weight is 395 g/mol. The van der Waals surface area contributed by atoms with Gasteiger partial charge in [0.2, 0.25) is 0 Å². The van der Waals surface area contributed by atoms with Crippen molar-refractivity contribution in [1.82, 2.24) is 15.2 Å². The van der Waals surface area contributed by atoms with Crippen LogP contribution in [0.2, 0.25) is 0 Å². The number of hydrogen-bond acceptors (Lipinski definition) is 4. The molecule has 2 aromatic rings. The quantitative estimate of drug-likeness (QED) is 0.785. The van der Waals surface area contributed by atoms with Crippen LogP contribution in [0.25, 0.3) is 0 Å². The third-order valence-electron chi connectivity index (χ3n) is 6.34. The Bertz CT molecular complexity index is 879. The summed E-state index contributed by atoms with van der Waals surface area (Å²) in [5, 5.41) is 3.66. The third kappa shape index (κ3) is 4.58. The number of nitrogens with two attached hydrogens (primary N) is 1. The summed E-state index contributed by atoms with van der Waals surface area (Å²) >= 11 is 0. The van der Waals surface area contributed by atoms with E-state index in [9.17, 15) is 4.39 Å². The number of halogens is 1. The molecular formula is C24H31FN4. The van der Waals surface area contributed by atoms with E-state index in [2.05, 4.69) is 40.5 Å². The first-order valence-electron chi connectivity index (χ1n) is 10.7. The van der Waals surface area contributed by atoms with Crippen molar-refractivity contribution < 1.29 is 4.39 Å². The zero-order valence-corrected chi connectivity index (χ0v) is 17.2. The van der Waals surface area contributed by atoms with E-state index in [0.29, 0.717) is 18.2 Å². The maximum absolute atomic E-state index is 14.9. The lowest BCUT2D eigenvalue weighted by Gasteiger charge is -2.38. The predicted octanol–water partition coefficient (Wildman–Crippen LogP) is 3.68. The van der Waals surface area contributed by atoms with Crippen LogP contribution in [0, 0.1) is 0 Å². The van der Waals surface area contributed by atoms with Gasteiger partial charge in [-0.1, -0.05) is 30.3 Å². The number of aromatic nitrogens is 1. The molecule has 1 aromatic heterocycles. The highest BCUT2D eigenvalue weighted by Crippen LogP contribution is 2.34. The summed E-state index contributed by atoms with van der Waals surface area (Å²) in [5.74, 6) is -0.105. The first-order valence-corrected chi connectivity index (χ1v) is 10.7. The molecule has 29 heavy (non-hydrogen) atoms. The lowest BCUT2D eigenvalue weighted by atomic mass is 9.89. The van der Waals surface area contributed by atoms with Crippen LogP contribution in [0.4, 0.5) is 4.39 Å². The SMILES string of the molecule is C/C(CN)=C(/F)CN(C[C@H]1Cc2ccccc2CN1)[C@H]1CCCc2cccnc21. The predicted molar refractivity (Wildman–Crippen MR) is 115 cm³/mol. The molecule has 1 aliphatic heterocycles. The highest BCUT2D eigenvalue weighted by atomic mass is 19.1. The van der Waals surface area contributed by atoms with E-state index in [-0.39, 0.29) is 18.4 Å². The van der Waals surface area contributed by atoms with Gasteiger partial charge < -0.3 is 11.1 Å². The molecule has 2 atom stereocenters. The van der Waals surface area contributed by atoms with E-state index in [1.807, 2.05) is 12.3 Å². The third-order valence-corrected chi connectivity index (χ3v) is 6.34. The van der Waals surface area contributed by atoms with Crippen LogP contribution in [0.15, 0.2) is 54.0 Å². The molecule has 1 aromatic carbocycles. The summed E-state index contributed by atoms with van der Waals surface area (Å²) in [6.45, 7) is 4.00. The van der Waals surface area contributed by atoms with Crippen LogP contribution >= 0.6 is 0 Å². The van der Waals surface area contributed by atoms with Gasteiger partial charge in [-0.25, -0.2) is 4.39 Å². The Morgan fingerprint density at radius 1 is 1.21 bits per heavy atom. The molecule has 0 amide bonds. The largest absolute Gasteiger partial charge is 0.327 e. The van der Waals surface area contributed by atoms with Gasteiger partial charge in [0, 0.05) is 31.9 Å². The molecule has 2 aliphatic rings. The van der Waals surface area contributed by atoms with Gasteiger partial charge in [0.1, 0.15) is 5.83 Å². The molecule has 0 saturated carbocycles. The highest BCUT2D eigenvalue weighted by Gasteiger charge is 2.30. The van der Waals surface area contributed by atoms with Crippen LogP contribution in [0.3, 0.4) is 0 Å². The van der Waals surface area contributed by atoms with Crippen molar-refractivity contribution in [2.24, 2.45) is 5.73 Å². The fourth-order valence-electron chi connectivity index (χ4n) is 4.60. The summed E-state index contributed by atoms with van der Waals surface area (Å²) in [6, 6.07) is 13.2. The lowest BCUT2D eigenvalue weighted by molar-refractivity contribution is 0.157. The fourth-order valence-corrected chi connectivity index (χ4v) is 4.60. The lowest BCUT2D eigenvalue weighted by Crippen LogP contribution is -2.47. The Morgan fingerprint density at radius 2 is 2.00 bits per heavy atom. The van der Waals surface area contributed by atoms with Crippen molar-refractivity contribution in [1.29, 1.82) is 0 Å². The van der Waals surface area contributed by atoms with Crippen LogP contribution in [0.1, 0.15) is 48.2 Å². The summed E-state index contributed by atoms with van der Waals surface area (Å²) in [4.78, 5) is 6.98. The van der Waals surface area contributed by atoms with Crippen LogP contribution in [-0.2, 0) is 19.4 Å². The topological polar surface area (TPSA) is 54.2 Å². The molecule has 0 radical (unpaired) electrons. The van der Waals surface area contributed by atoms with Crippen molar-refractivity contribution >= 4 is 0 Å². The molecule has 3 N–H and O–H groups in total. The number of aryl methyl sites for hydroxylation is 1. The summed E-state index contributed by atoms with van der Waals surface area (Å²) in [6.07, 6.45) is 6.02. The van der Waals surface area contributed by atoms with E-state index in [1.165, 1.54) is 16.7 Å². The Hall–Kier alpha value is -2.08. The van der Waals surface area contributed by atoms with Crippen LogP contribution in [0.5, 0.6) is 0 Å². The molecule has 2 heterocycles. The first-order chi connectivity index (χ1) is 14.2. The number of nitrogens with zero attached hydrogens (tertiary/aromatic N) is 2. The highest BCUT2D eigenvalue weighted by molar-refractivity contribution is 5.30. The molecule has 0 fully saturated rings. The van der Waals surface area contributed by atoms with Crippen molar-refractivity contribution in [3.63, 3.8) is 0 Å². The molecule has 5 heteroatoms. The zero-order valence-electron chi connectivity index (χ0n) is 17.2. The standard InChI is InChI=1S/C24H31FN4/c1-17(13-26)22(25)16-29(23-10-4-8-18-9-5-11-27-24(18)23)15-21-12-19-6-2-3-7-20(19)14-28-21/h2-3,5-7,9,11,21,23,28H,4,8,10,12-16,26H2,1H3/b22-17-/t21-,23+/m1/s1. The molecule has 0 saturated heterocycles. The van der Waals surface area contributed by atoms with Crippen molar-refractivity contribution in [2.75, 3.05) is 19.6 Å². The molecular weight excluding hydrogens is 363 g/mol. The van der Waals surface area contributed by atoms with Gasteiger partial charge >= 0.3 is 0 Å². The van der Waals surface area contributed by atoms with Gasteiger partial charge in [-0.05, 0) is 60.9 Å². The first kappa shape index (κ1) is 20.2. The van der Waals surface area contributed by atoms with E-state index in [0.717, 1.165) is 44.5 Å². The van der Waals surface area contributed by atoms with Crippen molar-refractivity contribution in [2.45, 2.75) is 51.2 Å². The molecule has 4 nitrogen and oxygen atoms in total. The van der Waals surface area contributed by atoms with Crippen LogP contribution in [-0.4, -0.2) is 35.6 Å². The smallest absolute Gasteiger partial charge is 0.114 e. The second kappa shape index (κ2) is 9.16. The van der Waals surface area contributed by atoms with Gasteiger partial charge in [0.15, 0.2) is 0 Å². The Morgan fingerprint density at radius 3 is 2.83 bits per heavy atom.